The van der Waals surface area contributed by atoms with Crippen molar-refractivity contribution in [1.29, 1.82) is 0 Å². The van der Waals surface area contributed by atoms with Gasteiger partial charge in [0.15, 0.2) is 22.5 Å². The first-order valence-electron chi connectivity index (χ1n) is 11.1. The van der Waals surface area contributed by atoms with Crippen molar-refractivity contribution in [1.82, 2.24) is 20.2 Å². The summed E-state index contributed by atoms with van der Waals surface area (Å²) in [5.41, 5.74) is 4.97. The number of para-hydroxylation sites is 1. The molecule has 1 heterocycles. The minimum atomic E-state index is -0.298. The maximum atomic E-state index is 12.6. The molecule has 0 aliphatic heterocycles. The smallest absolute Gasteiger partial charge is 0.250 e. The number of nitrogens with zero attached hydrogens (tertiary/aromatic N) is 4. The van der Waals surface area contributed by atoms with E-state index < -0.39 is 0 Å². The van der Waals surface area contributed by atoms with Crippen LogP contribution in [0.5, 0.6) is 17.2 Å². The molecule has 37 heavy (non-hydrogen) atoms. The summed E-state index contributed by atoms with van der Waals surface area (Å²) in [5, 5.41) is 13.4. The lowest BCUT2D eigenvalue weighted by molar-refractivity contribution is -0.118. The van der Waals surface area contributed by atoms with Gasteiger partial charge in [0.25, 0.3) is 5.91 Å². The second kappa shape index (κ2) is 12.4. The molecule has 0 aliphatic carbocycles. The predicted molar refractivity (Wildman–Crippen MR) is 147 cm³/mol. The molecule has 1 amide bonds. The van der Waals surface area contributed by atoms with Crippen LogP contribution in [0.1, 0.15) is 5.56 Å². The van der Waals surface area contributed by atoms with Gasteiger partial charge in [-0.25, -0.2) is 5.43 Å². The fourth-order valence-corrected chi connectivity index (χ4v) is 4.46. The maximum absolute atomic E-state index is 12.6. The number of aromatic nitrogens is 3. The predicted octanol–water partition coefficient (Wildman–Crippen LogP) is 4.97. The molecule has 0 fully saturated rings. The Hall–Kier alpha value is -3.83. The van der Waals surface area contributed by atoms with Gasteiger partial charge in [-0.2, -0.15) is 5.10 Å². The Morgan fingerprint density at radius 3 is 2.32 bits per heavy atom. The Morgan fingerprint density at radius 2 is 1.65 bits per heavy atom. The van der Waals surface area contributed by atoms with Crippen molar-refractivity contribution >= 4 is 39.8 Å². The number of thioether (sulfide) groups is 1. The van der Waals surface area contributed by atoms with Gasteiger partial charge in [-0.3, -0.25) is 9.36 Å². The zero-order valence-electron chi connectivity index (χ0n) is 20.3. The zero-order chi connectivity index (χ0) is 26.2. The van der Waals surface area contributed by atoms with Crippen LogP contribution < -0.4 is 19.6 Å². The highest BCUT2D eigenvalue weighted by molar-refractivity contribution is 9.10. The molecule has 3 aromatic carbocycles. The fourth-order valence-electron chi connectivity index (χ4n) is 3.45. The number of carbonyl (C=O) groups is 1. The third kappa shape index (κ3) is 6.30. The van der Waals surface area contributed by atoms with Crippen LogP contribution in [0, 0.1) is 0 Å². The van der Waals surface area contributed by atoms with Crippen LogP contribution in [-0.2, 0) is 4.79 Å². The van der Waals surface area contributed by atoms with E-state index in [-0.39, 0.29) is 11.7 Å². The van der Waals surface area contributed by atoms with Crippen molar-refractivity contribution < 1.29 is 19.0 Å². The summed E-state index contributed by atoms with van der Waals surface area (Å²) >= 11 is 4.73. The third-order valence-electron chi connectivity index (χ3n) is 5.21. The first-order valence-corrected chi connectivity index (χ1v) is 12.8. The molecule has 0 spiro atoms. The normalized spacial score (nSPS) is 10.9. The molecule has 0 atom stereocenters. The Balaban J connectivity index is 1.48. The van der Waals surface area contributed by atoms with E-state index in [0.29, 0.717) is 33.8 Å². The van der Waals surface area contributed by atoms with Crippen molar-refractivity contribution in [2.45, 2.75) is 5.16 Å². The Labute approximate surface area is 227 Å². The van der Waals surface area contributed by atoms with Crippen molar-refractivity contribution in [3.05, 3.63) is 76.8 Å². The molecule has 190 valence electrons. The molecule has 4 aromatic rings. The van der Waals surface area contributed by atoms with E-state index in [1.54, 1.807) is 33.5 Å². The van der Waals surface area contributed by atoms with Gasteiger partial charge in [-0.15, -0.1) is 10.2 Å². The van der Waals surface area contributed by atoms with E-state index in [0.717, 1.165) is 15.7 Å². The van der Waals surface area contributed by atoms with E-state index in [9.17, 15) is 4.79 Å². The van der Waals surface area contributed by atoms with Gasteiger partial charge in [-0.1, -0.05) is 58.0 Å². The number of rotatable bonds is 10. The number of benzene rings is 3. The van der Waals surface area contributed by atoms with Crippen LogP contribution in [0.25, 0.3) is 17.1 Å². The largest absolute Gasteiger partial charge is 0.496 e. The monoisotopic (exact) mass is 581 g/mol. The number of hydrazone groups is 1. The average molecular weight is 582 g/mol. The van der Waals surface area contributed by atoms with E-state index in [2.05, 4.69) is 36.7 Å². The van der Waals surface area contributed by atoms with Gasteiger partial charge in [0.1, 0.15) is 5.75 Å². The minimum Gasteiger partial charge on any atom is -0.496 e. The number of hydrogen-bond acceptors (Lipinski definition) is 8. The third-order valence-corrected chi connectivity index (χ3v) is 6.67. The molecule has 0 unspecified atom stereocenters. The lowest BCUT2D eigenvalue weighted by Gasteiger charge is -2.11. The molecule has 0 bridgehead atoms. The van der Waals surface area contributed by atoms with Gasteiger partial charge in [0, 0.05) is 27.4 Å². The second-order valence-electron chi connectivity index (χ2n) is 7.52. The highest BCUT2D eigenvalue weighted by Gasteiger charge is 2.17. The number of hydrogen-bond donors (Lipinski definition) is 1. The SMILES string of the molecule is COc1cc(OC)c(OC)cc1/C=N/NC(=O)CSc1nnc(-c2ccc(Br)cc2)n1-c1ccccc1. The molecule has 9 nitrogen and oxygen atoms in total. The Kier molecular flexibility index (Phi) is 8.81. The number of ether oxygens (including phenoxy) is 3. The second-order valence-corrected chi connectivity index (χ2v) is 9.37. The van der Waals surface area contributed by atoms with E-state index in [1.165, 1.54) is 18.0 Å². The van der Waals surface area contributed by atoms with Crippen LogP contribution in [0.2, 0.25) is 0 Å². The molecule has 4 rings (SSSR count). The Morgan fingerprint density at radius 1 is 0.973 bits per heavy atom. The molecule has 0 saturated carbocycles. The zero-order valence-corrected chi connectivity index (χ0v) is 22.7. The summed E-state index contributed by atoms with van der Waals surface area (Å²) in [6.45, 7) is 0. The van der Waals surface area contributed by atoms with Gasteiger partial charge in [-0.05, 0) is 30.3 Å². The summed E-state index contributed by atoms with van der Waals surface area (Å²) < 4.78 is 18.9. The lowest BCUT2D eigenvalue weighted by Crippen LogP contribution is -2.20. The summed E-state index contributed by atoms with van der Waals surface area (Å²) in [7, 11) is 4.63. The summed E-state index contributed by atoms with van der Waals surface area (Å²) in [6.07, 6.45) is 1.49. The molecule has 0 radical (unpaired) electrons. The van der Waals surface area contributed by atoms with Crippen LogP contribution >= 0.6 is 27.7 Å². The highest BCUT2D eigenvalue weighted by Crippen LogP contribution is 2.34. The number of halogens is 1. The van der Waals surface area contributed by atoms with Crippen molar-refractivity contribution in [3.63, 3.8) is 0 Å². The van der Waals surface area contributed by atoms with Crippen LogP contribution in [0.3, 0.4) is 0 Å². The molecule has 1 N–H and O–H groups in total. The van der Waals surface area contributed by atoms with Crippen molar-refractivity contribution in [2.24, 2.45) is 5.10 Å². The van der Waals surface area contributed by atoms with Gasteiger partial charge < -0.3 is 14.2 Å². The topological polar surface area (TPSA) is 99.9 Å². The van der Waals surface area contributed by atoms with Crippen LogP contribution in [0.15, 0.2) is 81.5 Å². The van der Waals surface area contributed by atoms with E-state index in [4.69, 9.17) is 14.2 Å². The van der Waals surface area contributed by atoms with Crippen molar-refractivity contribution in [3.8, 4) is 34.3 Å². The fraction of sp³-hybridized carbons (Fsp3) is 0.154. The molecular formula is C26H24BrN5O4S. The maximum Gasteiger partial charge on any atom is 0.250 e. The number of methoxy groups -OCH3 is 3. The summed E-state index contributed by atoms with van der Waals surface area (Å²) in [5.74, 6) is 2.05. The van der Waals surface area contributed by atoms with Gasteiger partial charge in [0.2, 0.25) is 0 Å². The molecule has 11 heteroatoms. The number of carbonyl (C=O) groups excluding carboxylic acids is 1. The molecule has 0 saturated heterocycles. The van der Waals surface area contributed by atoms with Crippen LogP contribution in [0.4, 0.5) is 0 Å². The lowest BCUT2D eigenvalue weighted by atomic mass is 10.2. The summed E-state index contributed by atoms with van der Waals surface area (Å²) in [6, 6.07) is 21.0. The first-order chi connectivity index (χ1) is 18.0. The summed E-state index contributed by atoms with van der Waals surface area (Å²) in [4.78, 5) is 12.6. The molecule has 1 aromatic heterocycles. The highest BCUT2D eigenvalue weighted by atomic mass is 79.9. The standard InChI is InChI=1S/C26H24BrN5O4S/c1-34-21-14-23(36-3)22(35-2)13-18(21)15-28-29-24(33)16-37-26-31-30-25(17-9-11-19(27)12-10-17)32(26)20-7-5-4-6-8-20/h4-15H,16H2,1-3H3,(H,29,33)/b28-15+. The Bertz CT molecular complexity index is 1390. The quantitative estimate of drug-likeness (QED) is 0.160. The van der Waals surface area contributed by atoms with Gasteiger partial charge in [0.05, 0.1) is 33.3 Å². The molecule has 0 aliphatic rings. The number of amides is 1. The van der Waals surface area contributed by atoms with Crippen molar-refractivity contribution in [2.75, 3.05) is 27.1 Å². The van der Waals surface area contributed by atoms with E-state index in [1.807, 2.05) is 59.2 Å². The first kappa shape index (κ1) is 26.2. The minimum absolute atomic E-state index is 0.0890. The number of nitrogens with one attached hydrogen (secondary N) is 1. The van der Waals surface area contributed by atoms with Gasteiger partial charge >= 0.3 is 0 Å². The molecular weight excluding hydrogens is 558 g/mol. The average Bonchev–Trinajstić information content (AvgIpc) is 3.36. The van der Waals surface area contributed by atoms with E-state index >= 15 is 0 Å². The van der Waals surface area contributed by atoms with Crippen LogP contribution in [-0.4, -0.2) is 54.0 Å².